The number of rotatable bonds is 6. The van der Waals surface area contributed by atoms with Gasteiger partial charge in [-0.2, -0.15) is 0 Å². The molecule has 4 aromatic rings. The first-order valence-electron chi connectivity index (χ1n) is 11.1. The average molecular weight is 465 g/mol. The van der Waals surface area contributed by atoms with Crippen LogP contribution in [0.15, 0.2) is 84.6 Å². The van der Waals surface area contributed by atoms with Crippen molar-refractivity contribution in [2.45, 2.75) is 6.92 Å². The second-order valence-electron chi connectivity index (χ2n) is 8.41. The highest BCUT2D eigenvalue weighted by molar-refractivity contribution is 6.48. The maximum absolute atomic E-state index is 13.8. The van der Waals surface area contributed by atoms with Crippen LogP contribution < -0.4 is 0 Å². The number of nitrogens with one attached hydrogen (secondary N) is 2. The number of aromatic amines is 2. The number of benzene rings is 2. The molecule has 0 aliphatic heterocycles. The number of allylic oxidation sites excluding steroid dienone is 4. The standard InChI is InChI=1S/C29H24N2O4/c1-16(2)9-10-17-11-12-23-19(13-17)21(15-31-23)25-27(33)28(34-3)24(26(32)29(25)35-4)20-14-30-22-8-6-5-7-18(20)22/h5-15,30-31H,1H2,2-4H3/b10-9+. The van der Waals surface area contributed by atoms with E-state index in [1.165, 1.54) is 14.2 Å². The Morgan fingerprint density at radius 2 is 1.40 bits per heavy atom. The van der Waals surface area contributed by atoms with Gasteiger partial charge in [0.1, 0.15) is 0 Å². The fourth-order valence-electron chi connectivity index (χ4n) is 4.50. The lowest BCUT2D eigenvalue weighted by Gasteiger charge is -2.22. The minimum Gasteiger partial charge on any atom is -0.492 e. The first-order chi connectivity index (χ1) is 16.9. The number of fused-ring (bicyclic) bond motifs is 2. The zero-order chi connectivity index (χ0) is 24.7. The molecule has 6 heteroatoms. The Morgan fingerprint density at radius 1 is 0.829 bits per heavy atom. The molecule has 5 rings (SSSR count). The third kappa shape index (κ3) is 3.60. The van der Waals surface area contributed by atoms with Crippen molar-refractivity contribution >= 4 is 50.6 Å². The molecule has 2 aromatic heterocycles. The van der Waals surface area contributed by atoms with Crippen molar-refractivity contribution in [3.63, 3.8) is 0 Å². The number of carbonyl (C=O) groups is 2. The summed E-state index contributed by atoms with van der Waals surface area (Å²) in [5, 5.41) is 1.61. The van der Waals surface area contributed by atoms with E-state index < -0.39 is 11.6 Å². The van der Waals surface area contributed by atoms with Gasteiger partial charge in [-0.1, -0.05) is 48.6 Å². The van der Waals surface area contributed by atoms with E-state index in [4.69, 9.17) is 9.47 Å². The van der Waals surface area contributed by atoms with Gasteiger partial charge in [-0.3, -0.25) is 9.59 Å². The zero-order valence-corrected chi connectivity index (χ0v) is 19.7. The monoisotopic (exact) mass is 464 g/mol. The van der Waals surface area contributed by atoms with Crippen LogP contribution in [0.25, 0.3) is 39.0 Å². The van der Waals surface area contributed by atoms with Crippen molar-refractivity contribution in [2.24, 2.45) is 0 Å². The fraction of sp³-hybridized carbons (Fsp3) is 0.103. The largest absolute Gasteiger partial charge is 0.492 e. The quantitative estimate of drug-likeness (QED) is 0.279. The first-order valence-corrected chi connectivity index (χ1v) is 11.1. The molecule has 0 atom stereocenters. The summed E-state index contributed by atoms with van der Waals surface area (Å²) in [5.41, 5.74) is 5.08. The average Bonchev–Trinajstić information content (AvgIpc) is 3.47. The van der Waals surface area contributed by atoms with E-state index in [0.29, 0.717) is 11.1 Å². The fourth-order valence-corrected chi connectivity index (χ4v) is 4.50. The summed E-state index contributed by atoms with van der Waals surface area (Å²) in [6, 6.07) is 13.4. The van der Waals surface area contributed by atoms with Crippen molar-refractivity contribution in [3.8, 4) is 0 Å². The molecule has 1 aliphatic carbocycles. The highest BCUT2D eigenvalue weighted by atomic mass is 16.5. The molecule has 2 aromatic carbocycles. The van der Waals surface area contributed by atoms with E-state index in [9.17, 15) is 9.59 Å². The van der Waals surface area contributed by atoms with Crippen molar-refractivity contribution in [1.29, 1.82) is 0 Å². The van der Waals surface area contributed by atoms with Crippen LogP contribution in [0.2, 0.25) is 0 Å². The van der Waals surface area contributed by atoms with Crippen molar-refractivity contribution in [1.82, 2.24) is 9.97 Å². The highest BCUT2D eigenvalue weighted by Gasteiger charge is 2.39. The molecule has 0 saturated heterocycles. The Labute approximate surface area is 202 Å². The van der Waals surface area contributed by atoms with E-state index in [0.717, 1.165) is 32.9 Å². The maximum atomic E-state index is 13.8. The molecule has 6 nitrogen and oxygen atoms in total. The number of hydrogen-bond acceptors (Lipinski definition) is 4. The predicted octanol–water partition coefficient (Wildman–Crippen LogP) is 5.81. The van der Waals surface area contributed by atoms with E-state index >= 15 is 0 Å². The number of aromatic nitrogens is 2. The van der Waals surface area contributed by atoms with Gasteiger partial charge in [-0.05, 0) is 30.7 Å². The third-order valence-electron chi connectivity index (χ3n) is 6.12. The van der Waals surface area contributed by atoms with Gasteiger partial charge < -0.3 is 19.4 Å². The third-order valence-corrected chi connectivity index (χ3v) is 6.12. The van der Waals surface area contributed by atoms with Crippen LogP contribution >= 0.6 is 0 Å². The van der Waals surface area contributed by atoms with Gasteiger partial charge in [0.25, 0.3) is 0 Å². The van der Waals surface area contributed by atoms with Crippen molar-refractivity contribution in [2.75, 3.05) is 14.2 Å². The van der Waals surface area contributed by atoms with Gasteiger partial charge in [0.15, 0.2) is 11.5 Å². The highest BCUT2D eigenvalue weighted by Crippen LogP contribution is 2.40. The Kier molecular flexibility index (Phi) is 5.49. The van der Waals surface area contributed by atoms with Gasteiger partial charge in [0.2, 0.25) is 11.6 Å². The van der Waals surface area contributed by atoms with Gasteiger partial charge >= 0.3 is 0 Å². The molecule has 0 amide bonds. The number of para-hydroxylation sites is 1. The molecule has 35 heavy (non-hydrogen) atoms. The predicted molar refractivity (Wildman–Crippen MR) is 138 cm³/mol. The molecule has 0 radical (unpaired) electrons. The minimum atomic E-state index is -0.409. The summed E-state index contributed by atoms with van der Waals surface area (Å²) in [5.74, 6) is -0.840. The van der Waals surface area contributed by atoms with Crippen molar-refractivity contribution < 1.29 is 19.1 Å². The van der Waals surface area contributed by atoms with Crippen LogP contribution in [-0.4, -0.2) is 35.8 Å². The Balaban J connectivity index is 1.70. The molecule has 2 heterocycles. The summed E-state index contributed by atoms with van der Waals surface area (Å²) in [6.45, 7) is 5.82. The van der Waals surface area contributed by atoms with E-state index in [1.807, 2.05) is 61.5 Å². The van der Waals surface area contributed by atoms with Crippen molar-refractivity contribution in [3.05, 3.63) is 101 Å². The van der Waals surface area contributed by atoms with E-state index in [1.54, 1.807) is 12.4 Å². The van der Waals surface area contributed by atoms with Crippen LogP contribution in [0.3, 0.4) is 0 Å². The number of methoxy groups -OCH3 is 2. The molecule has 0 fully saturated rings. The van der Waals surface area contributed by atoms with Crippen LogP contribution in [0, 0.1) is 0 Å². The summed E-state index contributed by atoms with van der Waals surface area (Å²) in [7, 11) is 2.81. The second kappa shape index (κ2) is 8.65. The lowest BCUT2D eigenvalue weighted by Crippen LogP contribution is -2.24. The van der Waals surface area contributed by atoms with Gasteiger partial charge in [0, 0.05) is 45.3 Å². The van der Waals surface area contributed by atoms with Gasteiger partial charge in [0.05, 0.1) is 25.4 Å². The SMILES string of the molecule is C=C(C)/C=C/c1ccc2[nH]cc(C3=C(OC)C(=O)C(c4c[nH]c5ccccc45)=C(OC)C3=O)c2c1. The molecule has 0 unspecified atom stereocenters. The summed E-state index contributed by atoms with van der Waals surface area (Å²) < 4.78 is 11.1. The Hall–Kier alpha value is -4.58. The van der Waals surface area contributed by atoms with E-state index in [-0.39, 0.29) is 22.7 Å². The van der Waals surface area contributed by atoms with Crippen LogP contribution in [0.1, 0.15) is 23.6 Å². The molecule has 0 saturated carbocycles. The molecule has 0 spiro atoms. The van der Waals surface area contributed by atoms with E-state index in [2.05, 4.69) is 16.5 Å². The molecular weight excluding hydrogens is 440 g/mol. The molecule has 1 aliphatic rings. The second-order valence-corrected chi connectivity index (χ2v) is 8.41. The maximum Gasteiger partial charge on any atom is 0.232 e. The zero-order valence-electron chi connectivity index (χ0n) is 19.7. The molecule has 0 bridgehead atoms. The summed E-state index contributed by atoms with van der Waals surface area (Å²) in [4.78, 5) is 34.0. The van der Waals surface area contributed by atoms with Gasteiger partial charge in [-0.15, -0.1) is 0 Å². The number of carbonyl (C=O) groups excluding carboxylic acids is 2. The smallest absolute Gasteiger partial charge is 0.232 e. The van der Waals surface area contributed by atoms with Crippen LogP contribution in [-0.2, 0) is 19.1 Å². The molecule has 174 valence electrons. The number of hydrogen-bond donors (Lipinski definition) is 2. The van der Waals surface area contributed by atoms with Crippen LogP contribution in [0.4, 0.5) is 0 Å². The van der Waals surface area contributed by atoms with Gasteiger partial charge in [-0.25, -0.2) is 0 Å². The first kappa shape index (κ1) is 22.2. The minimum absolute atomic E-state index is 0.0109. The molecule has 2 N–H and O–H groups in total. The topological polar surface area (TPSA) is 84.2 Å². The lowest BCUT2D eigenvalue weighted by atomic mass is 9.85. The normalized spacial score (nSPS) is 14.6. The lowest BCUT2D eigenvalue weighted by molar-refractivity contribution is -0.117. The number of H-pyrrole nitrogens is 2. The number of ketones is 2. The van der Waals surface area contributed by atoms with Crippen LogP contribution in [0.5, 0.6) is 0 Å². The summed E-state index contributed by atoms with van der Waals surface area (Å²) >= 11 is 0. The number of ether oxygens (including phenoxy) is 2. The molecular formula is C29H24N2O4. The Bertz CT molecular complexity index is 1620. The number of Topliss-reactive ketones (excluding diaryl/α,β-unsaturated/α-hetero) is 2. The summed E-state index contributed by atoms with van der Waals surface area (Å²) in [6.07, 6.45) is 7.31. The Morgan fingerprint density at radius 3 is 2.00 bits per heavy atom.